The monoisotopic (exact) mass is 241 g/mol. The van der Waals surface area contributed by atoms with Gasteiger partial charge in [-0.05, 0) is 6.92 Å². The van der Waals surface area contributed by atoms with E-state index < -0.39 is 0 Å². The maximum Gasteiger partial charge on any atom is 0.222 e. The molecule has 0 saturated carbocycles. The van der Waals surface area contributed by atoms with Crippen LogP contribution in [0.2, 0.25) is 0 Å². The van der Waals surface area contributed by atoms with Crippen LogP contribution in [-0.4, -0.2) is 24.0 Å². The van der Waals surface area contributed by atoms with Crippen molar-refractivity contribution in [2.75, 3.05) is 13.1 Å². The Kier molecular flexibility index (Phi) is 5.42. The van der Waals surface area contributed by atoms with Crippen molar-refractivity contribution in [3.63, 3.8) is 0 Å². The zero-order valence-corrected chi connectivity index (χ0v) is 10.9. The summed E-state index contributed by atoms with van der Waals surface area (Å²) in [5.74, 6) is 0.160. The molecule has 0 unspecified atom stereocenters. The SMILES string of the molecule is Cc1nc(CNCCNC(=O)C(C)C)cs1. The summed E-state index contributed by atoms with van der Waals surface area (Å²) in [5, 5.41) is 9.23. The van der Waals surface area contributed by atoms with E-state index in [4.69, 9.17) is 0 Å². The van der Waals surface area contributed by atoms with Gasteiger partial charge < -0.3 is 10.6 Å². The molecular formula is C11H19N3OS. The number of carbonyl (C=O) groups excluding carboxylic acids is 1. The zero-order chi connectivity index (χ0) is 12.0. The number of thiazole rings is 1. The van der Waals surface area contributed by atoms with E-state index >= 15 is 0 Å². The normalized spacial score (nSPS) is 10.8. The zero-order valence-electron chi connectivity index (χ0n) is 10.0. The highest BCUT2D eigenvalue weighted by molar-refractivity contribution is 7.09. The highest BCUT2D eigenvalue weighted by Gasteiger charge is 2.04. The fourth-order valence-electron chi connectivity index (χ4n) is 1.18. The average Bonchev–Trinajstić information content (AvgIpc) is 2.63. The largest absolute Gasteiger partial charge is 0.355 e. The Labute approximate surface area is 100 Å². The molecule has 0 atom stereocenters. The Morgan fingerprint density at radius 1 is 1.50 bits per heavy atom. The van der Waals surface area contributed by atoms with E-state index in [9.17, 15) is 4.79 Å². The lowest BCUT2D eigenvalue weighted by Crippen LogP contribution is -2.34. The molecule has 1 heterocycles. The molecule has 90 valence electrons. The molecule has 0 fully saturated rings. The molecule has 0 radical (unpaired) electrons. The minimum Gasteiger partial charge on any atom is -0.355 e. The van der Waals surface area contributed by atoms with Crippen LogP contribution >= 0.6 is 11.3 Å². The van der Waals surface area contributed by atoms with Crippen LogP contribution in [0.15, 0.2) is 5.38 Å². The van der Waals surface area contributed by atoms with Crippen LogP contribution in [0.1, 0.15) is 24.5 Å². The molecular weight excluding hydrogens is 222 g/mol. The van der Waals surface area contributed by atoms with Crippen molar-refractivity contribution >= 4 is 17.2 Å². The lowest BCUT2D eigenvalue weighted by Gasteiger charge is -2.07. The molecule has 2 N–H and O–H groups in total. The summed E-state index contributed by atoms with van der Waals surface area (Å²) in [7, 11) is 0. The first kappa shape index (κ1) is 13.1. The Morgan fingerprint density at radius 3 is 2.81 bits per heavy atom. The number of nitrogens with zero attached hydrogens (tertiary/aromatic N) is 1. The van der Waals surface area contributed by atoms with E-state index in [0.717, 1.165) is 23.8 Å². The Bertz CT molecular complexity index is 336. The molecule has 0 aromatic carbocycles. The van der Waals surface area contributed by atoms with Crippen molar-refractivity contribution in [3.8, 4) is 0 Å². The third kappa shape index (κ3) is 4.72. The standard InChI is InChI=1S/C11H19N3OS/c1-8(2)11(15)13-5-4-12-6-10-7-16-9(3)14-10/h7-8,12H,4-6H2,1-3H3,(H,13,15). The van der Waals surface area contributed by atoms with Gasteiger partial charge in [0.2, 0.25) is 5.91 Å². The van der Waals surface area contributed by atoms with E-state index in [0.29, 0.717) is 6.54 Å². The number of amides is 1. The van der Waals surface area contributed by atoms with Gasteiger partial charge in [0.05, 0.1) is 10.7 Å². The van der Waals surface area contributed by atoms with E-state index in [1.807, 2.05) is 20.8 Å². The summed E-state index contributed by atoms with van der Waals surface area (Å²) < 4.78 is 0. The van der Waals surface area contributed by atoms with E-state index in [1.165, 1.54) is 0 Å². The number of rotatable bonds is 6. The molecule has 0 spiro atoms. The third-order valence-corrected chi connectivity index (χ3v) is 2.92. The predicted octanol–water partition coefficient (Wildman–Crippen LogP) is 1.31. The number of hydrogen-bond acceptors (Lipinski definition) is 4. The Hall–Kier alpha value is -0.940. The average molecular weight is 241 g/mol. The van der Waals surface area contributed by atoms with Crippen molar-refractivity contribution in [1.82, 2.24) is 15.6 Å². The van der Waals surface area contributed by atoms with Gasteiger partial charge >= 0.3 is 0 Å². The summed E-state index contributed by atoms with van der Waals surface area (Å²) in [6.07, 6.45) is 0. The highest BCUT2D eigenvalue weighted by atomic mass is 32.1. The smallest absolute Gasteiger partial charge is 0.222 e. The van der Waals surface area contributed by atoms with Gasteiger partial charge in [-0.15, -0.1) is 11.3 Å². The molecule has 4 nitrogen and oxygen atoms in total. The number of hydrogen-bond donors (Lipinski definition) is 2. The summed E-state index contributed by atoms with van der Waals surface area (Å²) >= 11 is 1.66. The van der Waals surface area contributed by atoms with Crippen LogP contribution in [0.3, 0.4) is 0 Å². The summed E-state index contributed by atoms with van der Waals surface area (Å²) in [6, 6.07) is 0. The molecule has 0 saturated heterocycles. The maximum atomic E-state index is 11.2. The van der Waals surface area contributed by atoms with E-state index in [1.54, 1.807) is 11.3 Å². The van der Waals surface area contributed by atoms with E-state index in [-0.39, 0.29) is 11.8 Å². The van der Waals surface area contributed by atoms with Crippen LogP contribution < -0.4 is 10.6 Å². The van der Waals surface area contributed by atoms with Crippen LogP contribution in [0.4, 0.5) is 0 Å². The lowest BCUT2D eigenvalue weighted by atomic mass is 10.2. The summed E-state index contributed by atoms with van der Waals surface area (Å²) in [4.78, 5) is 15.6. The predicted molar refractivity (Wildman–Crippen MR) is 66.4 cm³/mol. The molecule has 0 bridgehead atoms. The second-order valence-electron chi connectivity index (χ2n) is 3.98. The quantitative estimate of drug-likeness (QED) is 0.738. The van der Waals surface area contributed by atoms with Gasteiger partial charge in [-0.1, -0.05) is 13.8 Å². The minimum atomic E-state index is 0.0567. The lowest BCUT2D eigenvalue weighted by molar-refractivity contribution is -0.123. The fraction of sp³-hybridized carbons (Fsp3) is 0.636. The first-order valence-electron chi connectivity index (χ1n) is 5.49. The summed E-state index contributed by atoms with van der Waals surface area (Å²) in [5.41, 5.74) is 1.07. The van der Waals surface area contributed by atoms with Gasteiger partial charge in [0, 0.05) is 30.9 Å². The van der Waals surface area contributed by atoms with Gasteiger partial charge in [-0.25, -0.2) is 4.98 Å². The van der Waals surface area contributed by atoms with Crippen LogP contribution in [0.25, 0.3) is 0 Å². The number of carbonyl (C=O) groups is 1. The molecule has 0 aliphatic heterocycles. The van der Waals surface area contributed by atoms with Crippen molar-refractivity contribution in [2.45, 2.75) is 27.3 Å². The number of aromatic nitrogens is 1. The first-order chi connectivity index (χ1) is 7.59. The van der Waals surface area contributed by atoms with Crippen LogP contribution in [0, 0.1) is 12.8 Å². The van der Waals surface area contributed by atoms with Gasteiger partial charge in [0.25, 0.3) is 0 Å². The van der Waals surface area contributed by atoms with E-state index in [2.05, 4.69) is 21.0 Å². The molecule has 1 rings (SSSR count). The number of aryl methyl sites for hydroxylation is 1. The van der Waals surface area contributed by atoms with Gasteiger partial charge in [-0.2, -0.15) is 0 Å². The van der Waals surface area contributed by atoms with Crippen LogP contribution in [-0.2, 0) is 11.3 Å². The van der Waals surface area contributed by atoms with Gasteiger partial charge in [0.15, 0.2) is 0 Å². The van der Waals surface area contributed by atoms with Crippen molar-refractivity contribution < 1.29 is 4.79 Å². The Balaban J connectivity index is 2.06. The second kappa shape index (κ2) is 6.60. The van der Waals surface area contributed by atoms with Crippen molar-refractivity contribution in [2.24, 2.45) is 5.92 Å². The molecule has 0 aliphatic rings. The molecule has 1 aromatic heterocycles. The van der Waals surface area contributed by atoms with Crippen molar-refractivity contribution in [1.29, 1.82) is 0 Å². The molecule has 1 amide bonds. The second-order valence-corrected chi connectivity index (χ2v) is 5.04. The minimum absolute atomic E-state index is 0.0567. The molecule has 16 heavy (non-hydrogen) atoms. The van der Waals surface area contributed by atoms with Gasteiger partial charge in [-0.3, -0.25) is 4.79 Å². The highest BCUT2D eigenvalue weighted by Crippen LogP contribution is 2.06. The van der Waals surface area contributed by atoms with Crippen molar-refractivity contribution in [3.05, 3.63) is 16.1 Å². The molecule has 0 aliphatic carbocycles. The number of nitrogens with one attached hydrogen (secondary N) is 2. The topological polar surface area (TPSA) is 54.0 Å². The maximum absolute atomic E-state index is 11.2. The third-order valence-electron chi connectivity index (χ3n) is 2.10. The molecule has 1 aromatic rings. The Morgan fingerprint density at radius 2 is 2.25 bits per heavy atom. The van der Waals surface area contributed by atoms with Gasteiger partial charge in [0.1, 0.15) is 0 Å². The summed E-state index contributed by atoms with van der Waals surface area (Å²) in [6.45, 7) is 7.98. The first-order valence-corrected chi connectivity index (χ1v) is 6.37. The van der Waals surface area contributed by atoms with Crippen LogP contribution in [0.5, 0.6) is 0 Å². The molecule has 5 heteroatoms. The fourth-order valence-corrected chi connectivity index (χ4v) is 1.80.